The molecule has 1 N–H and O–H groups in total. The van der Waals surface area contributed by atoms with Crippen molar-refractivity contribution < 1.29 is 0 Å². The Hall–Kier alpha value is -2.42. The fourth-order valence-corrected chi connectivity index (χ4v) is 2.27. The van der Waals surface area contributed by atoms with Gasteiger partial charge in [-0.3, -0.25) is 9.97 Å². The molecule has 0 saturated heterocycles. The fourth-order valence-electron chi connectivity index (χ4n) is 2.27. The van der Waals surface area contributed by atoms with E-state index < -0.39 is 0 Å². The lowest BCUT2D eigenvalue weighted by atomic mass is 10.1. The molecule has 3 rings (SSSR count). The first-order valence-electron chi connectivity index (χ1n) is 6.74. The molecule has 2 aromatic heterocycles. The molecule has 0 fully saturated rings. The zero-order valence-electron chi connectivity index (χ0n) is 11.7. The Bertz CT molecular complexity index is 733. The van der Waals surface area contributed by atoms with Gasteiger partial charge in [0.05, 0.1) is 5.52 Å². The number of nitrogens with one attached hydrogen (secondary N) is 1. The van der Waals surface area contributed by atoms with Crippen LogP contribution in [0.25, 0.3) is 10.9 Å². The number of hydrogen-bond donors (Lipinski definition) is 1. The zero-order chi connectivity index (χ0) is 13.9. The molecule has 0 amide bonds. The van der Waals surface area contributed by atoms with Gasteiger partial charge in [0.25, 0.3) is 0 Å². The minimum absolute atomic E-state index is 0.764. The summed E-state index contributed by atoms with van der Waals surface area (Å²) < 4.78 is 0. The Morgan fingerprint density at radius 2 is 1.90 bits per heavy atom. The maximum atomic E-state index is 4.46. The summed E-state index contributed by atoms with van der Waals surface area (Å²) in [7, 11) is 0. The largest absolute Gasteiger partial charge is 0.380 e. The molecule has 100 valence electrons. The topological polar surface area (TPSA) is 37.8 Å². The summed E-state index contributed by atoms with van der Waals surface area (Å²) in [6, 6.07) is 12.4. The van der Waals surface area contributed by atoms with Gasteiger partial charge in [0, 0.05) is 35.7 Å². The Balaban J connectivity index is 1.88. The molecule has 0 unspecified atom stereocenters. The van der Waals surface area contributed by atoms with Gasteiger partial charge >= 0.3 is 0 Å². The van der Waals surface area contributed by atoms with Crippen LogP contribution in [0, 0.1) is 13.8 Å². The highest BCUT2D eigenvalue weighted by molar-refractivity contribution is 5.93. The minimum atomic E-state index is 0.764. The third kappa shape index (κ3) is 2.48. The molecule has 0 bridgehead atoms. The Morgan fingerprint density at radius 3 is 2.70 bits per heavy atom. The quantitative estimate of drug-likeness (QED) is 0.779. The molecule has 3 heteroatoms. The second-order valence-electron chi connectivity index (χ2n) is 4.99. The first-order valence-corrected chi connectivity index (χ1v) is 6.74. The number of pyridine rings is 2. The molecule has 0 aliphatic rings. The number of aromatic nitrogens is 2. The number of nitrogens with zero attached hydrogens (tertiary/aromatic N) is 2. The van der Waals surface area contributed by atoms with E-state index in [9.17, 15) is 0 Å². The number of hydrogen-bond acceptors (Lipinski definition) is 3. The summed E-state index contributed by atoms with van der Waals surface area (Å²) in [6.07, 6.45) is 3.75. The van der Waals surface area contributed by atoms with Crippen molar-refractivity contribution in [2.75, 3.05) is 5.32 Å². The Kier molecular flexibility index (Phi) is 3.33. The van der Waals surface area contributed by atoms with Gasteiger partial charge in [-0.15, -0.1) is 0 Å². The maximum Gasteiger partial charge on any atom is 0.0751 e. The van der Waals surface area contributed by atoms with Gasteiger partial charge < -0.3 is 5.32 Å². The molecule has 0 saturated carbocycles. The van der Waals surface area contributed by atoms with Gasteiger partial charge in [0.1, 0.15) is 0 Å². The predicted octanol–water partition coefficient (Wildman–Crippen LogP) is 3.86. The van der Waals surface area contributed by atoms with Crippen molar-refractivity contribution in [2.24, 2.45) is 0 Å². The van der Waals surface area contributed by atoms with Crippen LogP contribution in [0.15, 0.2) is 48.8 Å². The molecule has 3 aromatic rings. The second kappa shape index (κ2) is 5.29. The molecule has 0 aliphatic carbocycles. The molecule has 0 radical (unpaired) electrons. The van der Waals surface area contributed by atoms with Crippen LogP contribution in [0.2, 0.25) is 0 Å². The number of anilines is 1. The molecule has 20 heavy (non-hydrogen) atoms. The third-order valence-electron chi connectivity index (χ3n) is 3.43. The van der Waals surface area contributed by atoms with Crippen molar-refractivity contribution in [2.45, 2.75) is 20.4 Å². The van der Waals surface area contributed by atoms with E-state index in [2.05, 4.69) is 46.5 Å². The standard InChI is InChI=1S/C17H17N3/c1-12-5-8-16(15-4-3-9-18-17(12)15)20-11-14-7-6-13(2)19-10-14/h3-10,20H,11H2,1-2H3. The normalized spacial score (nSPS) is 10.7. The lowest BCUT2D eigenvalue weighted by molar-refractivity contribution is 1.09. The van der Waals surface area contributed by atoms with Crippen LogP contribution >= 0.6 is 0 Å². The number of aryl methyl sites for hydroxylation is 2. The molecule has 3 nitrogen and oxygen atoms in total. The lowest BCUT2D eigenvalue weighted by Gasteiger charge is -2.11. The van der Waals surface area contributed by atoms with E-state index in [1.54, 1.807) is 0 Å². The number of rotatable bonds is 3. The highest BCUT2D eigenvalue weighted by Gasteiger charge is 2.04. The smallest absolute Gasteiger partial charge is 0.0751 e. The van der Waals surface area contributed by atoms with Crippen molar-refractivity contribution in [3.8, 4) is 0 Å². The molecular formula is C17H17N3. The van der Waals surface area contributed by atoms with E-state index in [0.29, 0.717) is 0 Å². The van der Waals surface area contributed by atoms with E-state index in [4.69, 9.17) is 0 Å². The first kappa shape index (κ1) is 12.6. The van der Waals surface area contributed by atoms with Crippen LogP contribution in [0.3, 0.4) is 0 Å². The molecular weight excluding hydrogens is 246 g/mol. The first-order chi connectivity index (χ1) is 9.74. The highest BCUT2D eigenvalue weighted by Crippen LogP contribution is 2.24. The van der Waals surface area contributed by atoms with E-state index in [-0.39, 0.29) is 0 Å². The van der Waals surface area contributed by atoms with Gasteiger partial charge in [0.15, 0.2) is 0 Å². The van der Waals surface area contributed by atoms with Crippen LogP contribution in [-0.2, 0) is 6.54 Å². The Labute approximate surface area is 118 Å². The van der Waals surface area contributed by atoms with Gasteiger partial charge in [-0.25, -0.2) is 0 Å². The summed E-state index contributed by atoms with van der Waals surface area (Å²) in [5, 5.41) is 4.63. The van der Waals surface area contributed by atoms with Crippen molar-refractivity contribution in [1.82, 2.24) is 9.97 Å². The van der Waals surface area contributed by atoms with Gasteiger partial charge in [-0.1, -0.05) is 12.1 Å². The summed E-state index contributed by atoms with van der Waals surface area (Å²) in [6.45, 7) is 4.85. The van der Waals surface area contributed by atoms with E-state index >= 15 is 0 Å². The van der Waals surface area contributed by atoms with Gasteiger partial charge in [-0.05, 0) is 49.2 Å². The van der Waals surface area contributed by atoms with Crippen molar-refractivity contribution >= 4 is 16.6 Å². The third-order valence-corrected chi connectivity index (χ3v) is 3.43. The SMILES string of the molecule is Cc1ccc(CNc2ccc(C)c3ncccc23)cn1. The van der Waals surface area contributed by atoms with Crippen LogP contribution < -0.4 is 5.32 Å². The summed E-state index contributed by atoms with van der Waals surface area (Å²) in [4.78, 5) is 8.77. The molecule has 1 aromatic carbocycles. The van der Waals surface area contributed by atoms with E-state index in [1.807, 2.05) is 31.5 Å². The average molecular weight is 263 g/mol. The van der Waals surface area contributed by atoms with Gasteiger partial charge in [-0.2, -0.15) is 0 Å². The summed E-state index contributed by atoms with van der Waals surface area (Å²) >= 11 is 0. The molecule has 0 aliphatic heterocycles. The van der Waals surface area contributed by atoms with Crippen LogP contribution in [-0.4, -0.2) is 9.97 Å². The highest BCUT2D eigenvalue weighted by atomic mass is 14.9. The van der Waals surface area contributed by atoms with Crippen molar-refractivity contribution in [3.05, 3.63) is 65.6 Å². The monoisotopic (exact) mass is 263 g/mol. The average Bonchev–Trinajstić information content (AvgIpc) is 2.49. The van der Waals surface area contributed by atoms with Crippen LogP contribution in [0.5, 0.6) is 0 Å². The van der Waals surface area contributed by atoms with Gasteiger partial charge in [0.2, 0.25) is 0 Å². The number of fused-ring (bicyclic) bond motifs is 1. The van der Waals surface area contributed by atoms with Crippen molar-refractivity contribution in [1.29, 1.82) is 0 Å². The molecule has 0 spiro atoms. The minimum Gasteiger partial charge on any atom is -0.380 e. The van der Waals surface area contributed by atoms with Crippen LogP contribution in [0.4, 0.5) is 5.69 Å². The fraction of sp³-hybridized carbons (Fsp3) is 0.176. The zero-order valence-corrected chi connectivity index (χ0v) is 11.7. The lowest BCUT2D eigenvalue weighted by Crippen LogP contribution is -2.01. The van der Waals surface area contributed by atoms with Crippen LogP contribution in [0.1, 0.15) is 16.8 Å². The molecule has 0 atom stereocenters. The molecule has 2 heterocycles. The summed E-state index contributed by atoms with van der Waals surface area (Å²) in [5.74, 6) is 0. The summed E-state index contributed by atoms with van der Waals surface area (Å²) in [5.41, 5.74) is 5.58. The van der Waals surface area contributed by atoms with E-state index in [0.717, 1.165) is 28.8 Å². The number of benzene rings is 1. The van der Waals surface area contributed by atoms with E-state index in [1.165, 1.54) is 11.1 Å². The van der Waals surface area contributed by atoms with Crippen molar-refractivity contribution in [3.63, 3.8) is 0 Å². The Morgan fingerprint density at radius 1 is 1.00 bits per heavy atom. The predicted molar refractivity (Wildman–Crippen MR) is 82.8 cm³/mol. The maximum absolute atomic E-state index is 4.46. The second-order valence-corrected chi connectivity index (χ2v) is 4.99.